The van der Waals surface area contributed by atoms with Crippen LogP contribution in [0.1, 0.15) is 53.3 Å². The number of ether oxygens (including phenoxy) is 1. The zero-order chi connectivity index (χ0) is 24.1. The molecule has 0 saturated heterocycles. The van der Waals surface area contributed by atoms with E-state index >= 15 is 0 Å². The van der Waals surface area contributed by atoms with Gasteiger partial charge in [0, 0.05) is 17.0 Å². The molecule has 176 valence electrons. The fourth-order valence-electron chi connectivity index (χ4n) is 3.96. The van der Waals surface area contributed by atoms with Gasteiger partial charge in [-0.05, 0) is 43.2 Å². The van der Waals surface area contributed by atoms with E-state index in [1.165, 1.54) is 7.11 Å². The Morgan fingerprint density at radius 2 is 1.88 bits per heavy atom. The minimum Gasteiger partial charge on any atom is -0.467 e. The third-order valence-electron chi connectivity index (χ3n) is 5.80. The fourth-order valence-corrected chi connectivity index (χ4v) is 3.96. The van der Waals surface area contributed by atoms with Crippen LogP contribution in [0.2, 0.25) is 0 Å². The van der Waals surface area contributed by atoms with Crippen LogP contribution in [0.25, 0.3) is 11.0 Å². The first-order valence-electron chi connectivity index (χ1n) is 11.3. The van der Waals surface area contributed by atoms with Crippen LogP contribution in [0.15, 0.2) is 65.4 Å². The number of carbonyl (C=O) groups is 2. The first kappa shape index (κ1) is 23.1. The molecule has 4 aromatic rings. The summed E-state index contributed by atoms with van der Waals surface area (Å²) in [5.74, 6) is -0.271. The zero-order valence-corrected chi connectivity index (χ0v) is 19.5. The molecule has 0 atom stereocenters. The second-order valence-electron chi connectivity index (χ2n) is 7.95. The van der Waals surface area contributed by atoms with Gasteiger partial charge in [-0.15, -0.1) is 0 Å². The van der Waals surface area contributed by atoms with Crippen molar-refractivity contribution in [1.82, 2.24) is 9.55 Å². The number of methoxy groups -OCH3 is 1. The van der Waals surface area contributed by atoms with Crippen molar-refractivity contribution < 1.29 is 18.7 Å². The van der Waals surface area contributed by atoms with Gasteiger partial charge in [-0.2, -0.15) is 0 Å². The maximum absolute atomic E-state index is 13.1. The monoisotopic (exact) mass is 460 g/mol. The molecule has 4 rings (SSSR count). The number of anilines is 2. The van der Waals surface area contributed by atoms with Crippen LogP contribution < -0.4 is 10.6 Å². The number of benzene rings is 1. The van der Waals surface area contributed by atoms with Gasteiger partial charge in [-0.3, -0.25) is 4.79 Å². The van der Waals surface area contributed by atoms with Gasteiger partial charge in [0.25, 0.3) is 5.91 Å². The van der Waals surface area contributed by atoms with Gasteiger partial charge in [0.05, 0.1) is 37.5 Å². The smallest absolute Gasteiger partial charge is 0.356 e. The highest BCUT2D eigenvalue weighted by molar-refractivity contribution is 6.14. The highest BCUT2D eigenvalue weighted by atomic mass is 16.5. The molecule has 1 aromatic carbocycles. The number of amides is 1. The Kier molecular flexibility index (Phi) is 6.96. The van der Waals surface area contributed by atoms with Crippen LogP contribution in [0.5, 0.6) is 0 Å². The number of hydrogen-bond acceptors (Lipinski definition) is 6. The molecule has 0 aliphatic rings. The largest absolute Gasteiger partial charge is 0.467 e. The van der Waals surface area contributed by atoms with Crippen LogP contribution in [0, 0.1) is 0 Å². The summed E-state index contributed by atoms with van der Waals surface area (Å²) in [5, 5.41) is 7.05. The summed E-state index contributed by atoms with van der Waals surface area (Å²) in [6.07, 6.45) is 5.23. The molecule has 0 bridgehead atoms. The Hall–Kier alpha value is -4.07. The lowest BCUT2D eigenvalue weighted by atomic mass is 10.1. The van der Waals surface area contributed by atoms with Crippen molar-refractivity contribution >= 4 is 34.3 Å². The number of hydrogen-bond donors (Lipinski definition) is 2. The molecule has 0 aliphatic heterocycles. The van der Waals surface area contributed by atoms with Crippen molar-refractivity contribution in [2.45, 2.75) is 39.3 Å². The van der Waals surface area contributed by atoms with Crippen LogP contribution >= 0.6 is 0 Å². The minimum atomic E-state index is -0.581. The van der Waals surface area contributed by atoms with Crippen molar-refractivity contribution in [1.29, 1.82) is 0 Å². The number of aromatic nitrogens is 2. The fraction of sp³-hybridized carbons (Fsp3) is 0.269. The number of carbonyl (C=O) groups excluding carboxylic acids is 2. The predicted molar refractivity (Wildman–Crippen MR) is 131 cm³/mol. The van der Waals surface area contributed by atoms with E-state index in [-0.39, 0.29) is 24.2 Å². The topological polar surface area (TPSA) is 98.4 Å². The standard InChI is InChI=1S/C26H28N4O4/c1-4-18(5-2)28-19-14-21-22(29-25(31)17-10-7-6-8-11-17)23(26(32)33-3)30(24(21)27-15-19)16-20-12-9-13-34-20/h6-15,18,28H,4-5,16H2,1-3H3,(H,29,31). The van der Waals surface area contributed by atoms with Gasteiger partial charge in [-0.25, -0.2) is 9.78 Å². The van der Waals surface area contributed by atoms with Crippen LogP contribution in [-0.4, -0.2) is 34.6 Å². The SMILES string of the molecule is CCC(CC)Nc1cnc2c(c1)c(NC(=O)c1ccccc1)c(C(=O)OC)n2Cc1ccco1. The van der Waals surface area contributed by atoms with Crippen LogP contribution in [-0.2, 0) is 11.3 Å². The molecule has 1 amide bonds. The van der Waals surface area contributed by atoms with E-state index in [0.29, 0.717) is 28.0 Å². The van der Waals surface area contributed by atoms with Crippen LogP contribution in [0.3, 0.4) is 0 Å². The lowest BCUT2D eigenvalue weighted by molar-refractivity contribution is 0.0590. The molecular weight excluding hydrogens is 432 g/mol. The van der Waals surface area contributed by atoms with Gasteiger partial charge in [0.2, 0.25) is 0 Å². The third-order valence-corrected chi connectivity index (χ3v) is 5.80. The summed E-state index contributed by atoms with van der Waals surface area (Å²) >= 11 is 0. The number of nitrogens with one attached hydrogen (secondary N) is 2. The number of nitrogens with zero attached hydrogens (tertiary/aromatic N) is 2. The molecule has 8 nitrogen and oxygen atoms in total. The second-order valence-corrected chi connectivity index (χ2v) is 7.95. The quantitative estimate of drug-likeness (QED) is 0.328. The average Bonchev–Trinajstić information content (AvgIpc) is 3.49. The molecule has 0 spiro atoms. The average molecular weight is 461 g/mol. The maximum Gasteiger partial charge on any atom is 0.356 e. The van der Waals surface area contributed by atoms with E-state index in [2.05, 4.69) is 29.5 Å². The van der Waals surface area contributed by atoms with Gasteiger partial charge in [0.15, 0.2) is 5.69 Å². The zero-order valence-electron chi connectivity index (χ0n) is 19.5. The van der Waals surface area contributed by atoms with Crippen molar-refractivity contribution in [2.75, 3.05) is 17.7 Å². The van der Waals surface area contributed by atoms with Crippen molar-refractivity contribution in [3.05, 3.63) is 78.0 Å². The Morgan fingerprint density at radius 1 is 1.12 bits per heavy atom. The van der Waals surface area contributed by atoms with Gasteiger partial charge in [0.1, 0.15) is 11.4 Å². The highest BCUT2D eigenvalue weighted by Gasteiger charge is 2.27. The number of esters is 1. The van der Waals surface area contributed by atoms with E-state index in [4.69, 9.17) is 9.15 Å². The number of rotatable bonds is 9. The molecular formula is C26H28N4O4. The molecule has 34 heavy (non-hydrogen) atoms. The summed E-state index contributed by atoms with van der Waals surface area (Å²) in [6.45, 7) is 4.49. The van der Waals surface area contributed by atoms with Gasteiger partial charge < -0.3 is 24.4 Å². The lowest BCUT2D eigenvalue weighted by Gasteiger charge is -2.16. The van der Waals surface area contributed by atoms with Gasteiger partial charge in [-0.1, -0.05) is 32.0 Å². The van der Waals surface area contributed by atoms with E-state index < -0.39 is 5.97 Å². The van der Waals surface area contributed by atoms with Crippen molar-refractivity contribution in [3.63, 3.8) is 0 Å². The van der Waals surface area contributed by atoms with Crippen molar-refractivity contribution in [3.8, 4) is 0 Å². The first-order chi connectivity index (χ1) is 16.5. The van der Waals surface area contributed by atoms with E-state index in [1.807, 2.05) is 18.2 Å². The first-order valence-corrected chi connectivity index (χ1v) is 11.3. The molecule has 0 fully saturated rings. The number of pyridine rings is 1. The summed E-state index contributed by atoms with van der Waals surface area (Å²) < 4.78 is 12.3. The number of fused-ring (bicyclic) bond motifs is 1. The second kappa shape index (κ2) is 10.2. The van der Waals surface area contributed by atoms with E-state index in [1.54, 1.807) is 47.4 Å². The van der Waals surface area contributed by atoms with E-state index in [9.17, 15) is 9.59 Å². The molecule has 0 aliphatic carbocycles. The molecule has 0 unspecified atom stereocenters. The Morgan fingerprint density at radius 3 is 2.53 bits per heavy atom. The molecule has 2 N–H and O–H groups in total. The summed E-state index contributed by atoms with van der Waals surface area (Å²) in [7, 11) is 1.31. The van der Waals surface area contributed by atoms with E-state index in [0.717, 1.165) is 18.5 Å². The summed E-state index contributed by atoms with van der Waals surface area (Å²) in [6, 6.07) is 14.6. The maximum atomic E-state index is 13.1. The van der Waals surface area contributed by atoms with Crippen LogP contribution in [0.4, 0.5) is 11.4 Å². The highest BCUT2D eigenvalue weighted by Crippen LogP contribution is 2.34. The normalized spacial score (nSPS) is 11.1. The molecule has 3 heterocycles. The molecule has 0 radical (unpaired) electrons. The summed E-state index contributed by atoms with van der Waals surface area (Å²) in [4.78, 5) is 30.7. The van der Waals surface area contributed by atoms with Gasteiger partial charge >= 0.3 is 5.97 Å². The molecule has 3 aromatic heterocycles. The minimum absolute atomic E-state index is 0.199. The Labute approximate surface area is 197 Å². The number of furan rings is 1. The lowest BCUT2D eigenvalue weighted by Crippen LogP contribution is -2.17. The predicted octanol–water partition coefficient (Wildman–Crippen LogP) is 5.32. The molecule has 8 heteroatoms. The Balaban J connectivity index is 1.88. The third kappa shape index (κ3) is 4.66. The Bertz CT molecular complexity index is 1280. The van der Waals surface area contributed by atoms with Crippen molar-refractivity contribution in [2.24, 2.45) is 0 Å². The molecule has 0 saturated carbocycles. The summed E-state index contributed by atoms with van der Waals surface area (Å²) in [5.41, 5.74) is 2.37.